The van der Waals surface area contributed by atoms with Crippen LogP contribution in [0.5, 0.6) is 0 Å². The molecular formula is C14H26IN3O. The monoisotopic (exact) mass is 379 g/mol. The number of nitrogens with zero attached hydrogens (tertiary/aromatic N) is 3. The Bertz CT molecular complexity index is 341. The molecule has 0 spiro atoms. The fourth-order valence-electron chi connectivity index (χ4n) is 4.29. The lowest BCUT2D eigenvalue weighted by molar-refractivity contribution is -0.0586. The summed E-state index contributed by atoms with van der Waals surface area (Å²) >= 11 is 2.50. The van der Waals surface area contributed by atoms with Gasteiger partial charge in [0, 0.05) is 54.6 Å². The predicted octanol–water partition coefficient (Wildman–Crippen LogP) is 1.59. The molecule has 5 heteroatoms. The van der Waals surface area contributed by atoms with Gasteiger partial charge in [-0.3, -0.25) is 4.90 Å². The van der Waals surface area contributed by atoms with Crippen molar-refractivity contribution in [2.45, 2.75) is 50.4 Å². The summed E-state index contributed by atoms with van der Waals surface area (Å²) in [5, 5.41) is 0. The van der Waals surface area contributed by atoms with Crippen LogP contribution in [-0.4, -0.2) is 76.5 Å². The van der Waals surface area contributed by atoms with E-state index >= 15 is 0 Å². The van der Waals surface area contributed by atoms with Crippen molar-refractivity contribution in [2.24, 2.45) is 0 Å². The maximum Gasteiger partial charge on any atom is 0.0722 e. The van der Waals surface area contributed by atoms with Gasteiger partial charge in [-0.2, -0.15) is 0 Å². The maximum atomic E-state index is 6.02. The summed E-state index contributed by atoms with van der Waals surface area (Å²) in [5.74, 6) is 0. The van der Waals surface area contributed by atoms with Gasteiger partial charge in [0.25, 0.3) is 0 Å². The Labute approximate surface area is 130 Å². The second kappa shape index (κ2) is 5.40. The fraction of sp³-hybridized carbons (Fsp3) is 1.00. The zero-order chi connectivity index (χ0) is 13.6. The molecule has 0 radical (unpaired) electrons. The SMILES string of the molecule is CC(C)N1C[C@@H]2C[C@@]1(C1CN(I)CCCN1C)CO2. The molecule has 2 bridgehead atoms. The summed E-state index contributed by atoms with van der Waals surface area (Å²) in [7, 11) is 2.30. The zero-order valence-electron chi connectivity index (χ0n) is 12.3. The van der Waals surface area contributed by atoms with Crippen molar-refractivity contribution >= 4 is 22.9 Å². The van der Waals surface area contributed by atoms with Gasteiger partial charge >= 0.3 is 0 Å². The molecule has 0 aromatic heterocycles. The van der Waals surface area contributed by atoms with E-state index in [0.717, 1.165) is 19.7 Å². The van der Waals surface area contributed by atoms with Gasteiger partial charge in [-0.15, -0.1) is 0 Å². The summed E-state index contributed by atoms with van der Waals surface area (Å²) in [6.07, 6.45) is 2.98. The molecule has 3 saturated heterocycles. The molecule has 3 aliphatic rings. The Hall–Kier alpha value is 0.570. The molecule has 0 saturated carbocycles. The average molecular weight is 379 g/mol. The lowest BCUT2D eigenvalue weighted by Crippen LogP contribution is -2.64. The minimum Gasteiger partial charge on any atom is -0.375 e. The third-order valence-corrected chi connectivity index (χ3v) is 6.06. The van der Waals surface area contributed by atoms with E-state index in [9.17, 15) is 0 Å². The second-order valence-corrected chi connectivity index (χ2v) is 8.07. The van der Waals surface area contributed by atoms with E-state index in [1.165, 1.54) is 25.9 Å². The Kier molecular flexibility index (Phi) is 4.13. The molecular weight excluding hydrogens is 353 g/mol. The summed E-state index contributed by atoms with van der Waals surface area (Å²) in [6, 6.07) is 1.22. The normalized spacial score (nSPS) is 42.2. The third-order valence-electron chi connectivity index (χ3n) is 5.18. The first-order valence-corrected chi connectivity index (χ1v) is 8.49. The Morgan fingerprint density at radius 1 is 1.26 bits per heavy atom. The van der Waals surface area contributed by atoms with Crippen LogP contribution >= 0.6 is 22.9 Å². The van der Waals surface area contributed by atoms with E-state index < -0.39 is 0 Å². The number of rotatable bonds is 2. The molecule has 0 aliphatic carbocycles. The van der Waals surface area contributed by atoms with Crippen molar-refractivity contribution in [3.8, 4) is 0 Å². The van der Waals surface area contributed by atoms with Gasteiger partial charge in [-0.05, 0) is 40.3 Å². The molecule has 0 aromatic carbocycles. The lowest BCUT2D eigenvalue weighted by Gasteiger charge is -2.48. The Balaban J connectivity index is 1.88. The van der Waals surface area contributed by atoms with Crippen LogP contribution in [0.4, 0.5) is 0 Å². The maximum absolute atomic E-state index is 6.02. The predicted molar refractivity (Wildman–Crippen MR) is 85.6 cm³/mol. The number of halogens is 1. The van der Waals surface area contributed by atoms with Crippen LogP contribution < -0.4 is 0 Å². The van der Waals surface area contributed by atoms with Gasteiger partial charge in [-0.25, -0.2) is 3.11 Å². The van der Waals surface area contributed by atoms with E-state index in [1.54, 1.807) is 0 Å². The molecule has 0 amide bonds. The van der Waals surface area contributed by atoms with Crippen LogP contribution in [0.15, 0.2) is 0 Å². The van der Waals surface area contributed by atoms with Crippen LogP contribution in [0, 0.1) is 0 Å². The highest BCUT2D eigenvalue weighted by Crippen LogP contribution is 2.44. The molecule has 110 valence electrons. The molecule has 4 nitrogen and oxygen atoms in total. The van der Waals surface area contributed by atoms with Crippen molar-refractivity contribution in [3.05, 3.63) is 0 Å². The van der Waals surface area contributed by atoms with Gasteiger partial charge in [0.05, 0.1) is 18.2 Å². The van der Waals surface area contributed by atoms with Crippen LogP contribution in [0.1, 0.15) is 26.7 Å². The van der Waals surface area contributed by atoms with Crippen molar-refractivity contribution < 1.29 is 4.74 Å². The topological polar surface area (TPSA) is 19.0 Å². The quantitative estimate of drug-likeness (QED) is 0.536. The fourth-order valence-corrected chi connectivity index (χ4v) is 5.00. The van der Waals surface area contributed by atoms with Gasteiger partial charge < -0.3 is 9.64 Å². The average Bonchev–Trinajstić information content (AvgIpc) is 2.89. The van der Waals surface area contributed by atoms with Gasteiger partial charge in [-0.1, -0.05) is 0 Å². The number of fused-ring (bicyclic) bond motifs is 2. The minimum atomic E-state index is 0.251. The van der Waals surface area contributed by atoms with Crippen molar-refractivity contribution in [2.75, 3.05) is 39.8 Å². The minimum absolute atomic E-state index is 0.251. The molecule has 3 rings (SSSR count). The highest BCUT2D eigenvalue weighted by atomic mass is 127. The summed E-state index contributed by atoms with van der Waals surface area (Å²) in [6.45, 7) is 10.3. The van der Waals surface area contributed by atoms with E-state index in [1.807, 2.05) is 0 Å². The summed E-state index contributed by atoms with van der Waals surface area (Å²) in [5.41, 5.74) is 0.251. The van der Waals surface area contributed by atoms with Crippen molar-refractivity contribution in [1.82, 2.24) is 12.9 Å². The number of hydrogen-bond donors (Lipinski definition) is 0. The first-order valence-electron chi connectivity index (χ1n) is 7.52. The van der Waals surface area contributed by atoms with E-state index in [4.69, 9.17) is 4.74 Å². The Morgan fingerprint density at radius 2 is 2.05 bits per heavy atom. The molecule has 3 heterocycles. The smallest absolute Gasteiger partial charge is 0.0722 e. The van der Waals surface area contributed by atoms with Crippen LogP contribution in [-0.2, 0) is 4.74 Å². The number of morpholine rings is 1. The number of hydrogen-bond acceptors (Lipinski definition) is 4. The van der Waals surface area contributed by atoms with Gasteiger partial charge in [0.15, 0.2) is 0 Å². The van der Waals surface area contributed by atoms with Gasteiger partial charge in [0.2, 0.25) is 0 Å². The Morgan fingerprint density at radius 3 is 2.74 bits per heavy atom. The highest BCUT2D eigenvalue weighted by molar-refractivity contribution is 14.1. The molecule has 19 heavy (non-hydrogen) atoms. The molecule has 0 aromatic rings. The van der Waals surface area contributed by atoms with E-state index in [2.05, 4.69) is 56.7 Å². The second-order valence-electron chi connectivity index (χ2n) is 6.71. The van der Waals surface area contributed by atoms with E-state index in [0.29, 0.717) is 18.2 Å². The van der Waals surface area contributed by atoms with Crippen LogP contribution in [0.3, 0.4) is 0 Å². The third kappa shape index (κ3) is 2.46. The zero-order valence-corrected chi connectivity index (χ0v) is 14.5. The molecule has 1 unspecified atom stereocenters. The number of likely N-dealkylation sites (N-methyl/N-ethyl adjacent to an activating group) is 1. The van der Waals surface area contributed by atoms with Crippen molar-refractivity contribution in [3.63, 3.8) is 0 Å². The van der Waals surface area contributed by atoms with E-state index in [-0.39, 0.29) is 5.54 Å². The standard InChI is InChI=1S/C14H26IN3O/c1-11(2)18-8-12-7-14(18,10-19-12)13-9-17(15)6-4-5-16(13)3/h11-13H,4-10H2,1-3H3/t12-,13?,14-/m0/s1. The summed E-state index contributed by atoms with van der Waals surface area (Å²) in [4.78, 5) is 5.31. The lowest BCUT2D eigenvalue weighted by atomic mass is 9.87. The molecule has 3 atom stereocenters. The first-order chi connectivity index (χ1) is 9.03. The molecule has 3 fully saturated rings. The molecule has 3 aliphatic heterocycles. The number of ether oxygens (including phenoxy) is 1. The first kappa shape index (κ1) is 14.5. The van der Waals surface area contributed by atoms with Crippen molar-refractivity contribution in [1.29, 1.82) is 0 Å². The van der Waals surface area contributed by atoms with Crippen LogP contribution in [0.25, 0.3) is 0 Å². The van der Waals surface area contributed by atoms with Gasteiger partial charge in [0.1, 0.15) is 0 Å². The molecule has 0 N–H and O–H groups in total. The summed E-state index contributed by atoms with van der Waals surface area (Å²) < 4.78 is 8.50. The number of likely N-dealkylation sites (tertiary alicyclic amines) is 1. The largest absolute Gasteiger partial charge is 0.375 e. The van der Waals surface area contributed by atoms with Crippen LogP contribution in [0.2, 0.25) is 0 Å². The highest BCUT2D eigenvalue weighted by Gasteiger charge is 2.58.